The van der Waals surface area contributed by atoms with Crippen LogP contribution < -0.4 is 22.2 Å². The topological polar surface area (TPSA) is 83.8 Å². The monoisotopic (exact) mass is 213 g/mol. The fourth-order valence-electron chi connectivity index (χ4n) is 2.32. The largest absolute Gasteiger partial charge is 0.345 e. The van der Waals surface area contributed by atoms with Crippen molar-refractivity contribution in [2.45, 2.75) is 24.7 Å². The summed E-state index contributed by atoms with van der Waals surface area (Å²) in [6.07, 6.45) is 0. The minimum atomic E-state index is -1.67. The van der Waals surface area contributed by atoms with E-state index >= 15 is 0 Å². The van der Waals surface area contributed by atoms with Crippen LogP contribution >= 0.6 is 0 Å². The van der Waals surface area contributed by atoms with E-state index in [-0.39, 0.29) is 23.0 Å². The molecule has 0 spiro atoms. The number of aromatic amines is 1. The third-order valence-electron chi connectivity index (χ3n) is 3.12. The van der Waals surface area contributed by atoms with Crippen molar-refractivity contribution in [2.75, 3.05) is 0 Å². The van der Waals surface area contributed by atoms with Crippen molar-refractivity contribution in [3.05, 3.63) is 21.0 Å². The molecule has 0 amide bonds. The van der Waals surface area contributed by atoms with Crippen LogP contribution in [0.3, 0.4) is 0 Å². The molecule has 1 aromatic heterocycles. The molecule has 1 aromatic rings. The zero-order valence-electron chi connectivity index (χ0n) is 7.87. The predicted molar refractivity (Wildman–Crippen MR) is 51.1 cm³/mol. The molecule has 1 fully saturated rings. The molecule has 1 saturated heterocycles. The van der Waals surface area contributed by atoms with Gasteiger partial charge in [0.1, 0.15) is 19.7 Å². The van der Waals surface area contributed by atoms with E-state index < -0.39 is 8.07 Å². The van der Waals surface area contributed by atoms with Crippen molar-refractivity contribution >= 4 is 8.07 Å². The molecule has 2 atom stereocenters. The van der Waals surface area contributed by atoms with Gasteiger partial charge in [-0.1, -0.05) is 13.1 Å². The Kier molecular flexibility index (Phi) is 1.23. The van der Waals surface area contributed by atoms with Gasteiger partial charge in [0.05, 0.1) is 0 Å². The van der Waals surface area contributed by atoms with Crippen LogP contribution in [0.1, 0.15) is 11.6 Å². The van der Waals surface area contributed by atoms with Gasteiger partial charge in [-0.2, -0.15) is 0 Å². The minimum Gasteiger partial charge on any atom is -0.256 e. The maximum absolute atomic E-state index is 11.5. The minimum absolute atomic E-state index is 0.0288. The summed E-state index contributed by atoms with van der Waals surface area (Å²) < 4.78 is 2.99. The van der Waals surface area contributed by atoms with Gasteiger partial charge < -0.3 is 0 Å². The molecule has 3 heterocycles. The fraction of sp³-hybridized carbons (Fsp3) is 0.667. The van der Waals surface area contributed by atoms with Crippen molar-refractivity contribution in [1.82, 2.24) is 25.2 Å². The summed E-state index contributed by atoms with van der Waals surface area (Å²) >= 11 is 0. The van der Waals surface area contributed by atoms with Crippen LogP contribution in [0.2, 0.25) is 13.1 Å². The number of hydrogen-bond acceptors (Lipinski definition) is 4. The van der Waals surface area contributed by atoms with Crippen molar-refractivity contribution in [3.63, 3.8) is 0 Å². The van der Waals surface area contributed by atoms with Crippen LogP contribution in [-0.4, -0.2) is 22.4 Å². The first-order valence-electron chi connectivity index (χ1n) is 4.48. The van der Waals surface area contributed by atoms with Gasteiger partial charge in [-0.3, -0.25) is 4.98 Å². The number of rotatable bonds is 0. The molecule has 7 nitrogen and oxygen atoms in total. The third-order valence-corrected chi connectivity index (χ3v) is 6.71. The van der Waals surface area contributed by atoms with Crippen LogP contribution in [0.4, 0.5) is 0 Å². The Labute approximate surface area is 79.7 Å². The Bertz CT molecular complexity index is 469. The highest BCUT2D eigenvalue weighted by atomic mass is 28.3. The van der Waals surface area contributed by atoms with E-state index in [1.807, 2.05) is 0 Å². The Morgan fingerprint density at radius 2 is 1.50 bits per heavy atom. The van der Waals surface area contributed by atoms with Crippen molar-refractivity contribution in [2.24, 2.45) is 0 Å². The smallest absolute Gasteiger partial charge is 0.256 e. The predicted octanol–water partition coefficient (Wildman–Crippen LogP) is -1.76. The number of hydrazine groups is 1. The summed E-state index contributed by atoms with van der Waals surface area (Å²) in [6.45, 7) is 4.29. The second kappa shape index (κ2) is 2.10. The first-order valence-corrected chi connectivity index (χ1v) is 7.63. The van der Waals surface area contributed by atoms with E-state index in [1.165, 1.54) is 9.36 Å². The van der Waals surface area contributed by atoms with E-state index in [2.05, 4.69) is 28.9 Å². The van der Waals surface area contributed by atoms with Gasteiger partial charge in [-0.25, -0.2) is 29.8 Å². The second-order valence-corrected chi connectivity index (χ2v) is 9.08. The van der Waals surface area contributed by atoms with Crippen molar-refractivity contribution in [1.29, 1.82) is 0 Å². The summed E-state index contributed by atoms with van der Waals surface area (Å²) in [5.74, 6) is -0.0575. The Hall–Kier alpha value is -1.12. The molecule has 3 N–H and O–H groups in total. The molecule has 2 bridgehead atoms. The van der Waals surface area contributed by atoms with Crippen LogP contribution in [0.15, 0.2) is 9.59 Å². The lowest BCUT2D eigenvalue weighted by Gasteiger charge is -2.16. The van der Waals surface area contributed by atoms with Gasteiger partial charge >= 0.3 is 11.4 Å². The van der Waals surface area contributed by atoms with Crippen LogP contribution in [0.5, 0.6) is 0 Å². The number of fused-ring (bicyclic) bond motifs is 5. The van der Waals surface area contributed by atoms with E-state index in [0.29, 0.717) is 0 Å². The molecule has 2 aliphatic rings. The highest BCUT2D eigenvalue weighted by Crippen LogP contribution is 2.36. The van der Waals surface area contributed by atoms with Crippen molar-refractivity contribution < 1.29 is 0 Å². The van der Waals surface area contributed by atoms with Gasteiger partial charge in [0, 0.05) is 0 Å². The van der Waals surface area contributed by atoms with Crippen LogP contribution in [-0.2, 0) is 0 Å². The molecule has 3 rings (SSSR count). The molecule has 2 aliphatic heterocycles. The van der Waals surface area contributed by atoms with E-state index in [9.17, 15) is 9.59 Å². The number of hydrogen-bond donors (Lipinski definition) is 3. The molecule has 14 heavy (non-hydrogen) atoms. The molecule has 0 saturated carbocycles. The summed E-state index contributed by atoms with van der Waals surface area (Å²) in [5.41, 5.74) is 5.46. The van der Waals surface area contributed by atoms with Crippen LogP contribution in [0, 0.1) is 0 Å². The zero-order chi connectivity index (χ0) is 10.1. The lowest BCUT2D eigenvalue weighted by atomic mass is 10.9. The normalized spacial score (nSPS) is 32.1. The average Bonchev–Trinajstić information content (AvgIpc) is 2.63. The van der Waals surface area contributed by atoms with Gasteiger partial charge in [-0.05, 0) is 0 Å². The lowest BCUT2D eigenvalue weighted by molar-refractivity contribution is 0.285. The summed E-state index contributed by atoms with van der Waals surface area (Å²) in [4.78, 5) is 25.2. The van der Waals surface area contributed by atoms with Gasteiger partial charge in [0.15, 0.2) is 0 Å². The summed E-state index contributed by atoms with van der Waals surface area (Å²) in [6, 6.07) is 0. The zero-order valence-corrected chi connectivity index (χ0v) is 8.87. The highest BCUT2D eigenvalue weighted by molar-refractivity contribution is 6.79. The van der Waals surface area contributed by atoms with E-state index in [1.54, 1.807) is 0 Å². The number of nitrogens with one attached hydrogen (secondary N) is 3. The Balaban J connectivity index is 2.38. The van der Waals surface area contributed by atoms with Gasteiger partial charge in [-0.15, -0.1) is 0 Å². The molecular formula is C6H11N5O2Si. The Morgan fingerprint density at radius 1 is 1.07 bits per heavy atom. The lowest BCUT2D eigenvalue weighted by Crippen LogP contribution is -2.44. The number of H-pyrrole nitrogens is 1. The number of nitrogens with zero attached hydrogens (tertiary/aromatic N) is 2. The molecule has 0 unspecified atom stereocenters. The third kappa shape index (κ3) is 0.667. The first-order chi connectivity index (χ1) is 6.53. The second-order valence-electron chi connectivity index (χ2n) is 4.34. The van der Waals surface area contributed by atoms with Crippen molar-refractivity contribution in [3.8, 4) is 0 Å². The summed E-state index contributed by atoms with van der Waals surface area (Å²) in [5, 5.41) is 0. The van der Waals surface area contributed by atoms with Crippen LogP contribution in [0.25, 0.3) is 0 Å². The molecule has 0 aliphatic carbocycles. The quantitative estimate of drug-likeness (QED) is 0.446. The highest BCUT2D eigenvalue weighted by Gasteiger charge is 2.56. The van der Waals surface area contributed by atoms with Gasteiger partial charge in [0.2, 0.25) is 0 Å². The molecule has 0 aromatic carbocycles. The SMILES string of the molecule is C[Si]1(C)[C@@H]2NN[C@H]1n1c(=O)[nH]c(=O)n12. The molecule has 0 radical (unpaired) electrons. The maximum Gasteiger partial charge on any atom is 0.345 e. The first kappa shape index (κ1) is 8.21. The molecular weight excluding hydrogens is 202 g/mol. The molecule has 76 valence electrons. The molecule has 8 heteroatoms. The fourth-order valence-corrected chi connectivity index (χ4v) is 5.27. The van der Waals surface area contributed by atoms with E-state index in [0.717, 1.165) is 0 Å². The Morgan fingerprint density at radius 3 is 1.93 bits per heavy atom. The maximum atomic E-state index is 11.5. The summed E-state index contributed by atoms with van der Waals surface area (Å²) in [7, 11) is -1.67. The number of aromatic nitrogens is 3. The van der Waals surface area contributed by atoms with Gasteiger partial charge in [0.25, 0.3) is 0 Å². The van der Waals surface area contributed by atoms with E-state index in [4.69, 9.17) is 0 Å². The standard InChI is InChI=1S/C6H11N5O2Si/c1-14(2)5-8-9-6(14)11-4(13)7-3(12)10(5)11/h5-6,8-9H,1-2H3,(H,7,12,13)/t5-,6+. The average molecular weight is 213 g/mol.